The van der Waals surface area contributed by atoms with Gasteiger partial charge in [-0.1, -0.05) is 13.8 Å². The maximum atomic E-state index is 12.4. The second-order valence-electron chi connectivity index (χ2n) is 7.43. The lowest BCUT2D eigenvalue weighted by atomic mass is 10.1. The van der Waals surface area contributed by atoms with E-state index in [2.05, 4.69) is 39.2 Å². The van der Waals surface area contributed by atoms with Gasteiger partial charge in [-0.3, -0.25) is 4.79 Å². The van der Waals surface area contributed by atoms with Gasteiger partial charge in [0, 0.05) is 18.4 Å². The van der Waals surface area contributed by atoms with E-state index in [4.69, 9.17) is 4.74 Å². The summed E-state index contributed by atoms with van der Waals surface area (Å²) in [5.74, 6) is 3.07. The summed E-state index contributed by atoms with van der Waals surface area (Å²) in [4.78, 5) is 25.4. The van der Waals surface area contributed by atoms with Gasteiger partial charge in [0.05, 0.1) is 25.5 Å². The van der Waals surface area contributed by atoms with Gasteiger partial charge < -0.3 is 10.1 Å². The highest BCUT2D eigenvalue weighted by atomic mass is 16.5. The van der Waals surface area contributed by atoms with Crippen LogP contribution in [0.1, 0.15) is 61.2 Å². The molecule has 1 fully saturated rings. The molecule has 1 saturated carbocycles. The Morgan fingerprint density at radius 1 is 1.31 bits per heavy atom. The summed E-state index contributed by atoms with van der Waals surface area (Å²) in [6.45, 7) is 5.48. The van der Waals surface area contributed by atoms with Gasteiger partial charge in [0.15, 0.2) is 5.82 Å². The van der Waals surface area contributed by atoms with Crippen LogP contribution in [0.5, 0.6) is 5.88 Å². The Hall–Kier alpha value is -2.51. The molecule has 0 saturated heterocycles. The standard InChI is InChI=1S/C18H24N6O2/c1-11(2)17-22-15-6-5-13(9-24(15)23-17)21-18(25)14-7-20-16(8-19-14)26-10-12-3-4-12/h7-8,11-13H,3-6,9-10H2,1-2H3,(H,21,25). The van der Waals surface area contributed by atoms with Crippen molar-refractivity contribution in [1.29, 1.82) is 0 Å². The van der Waals surface area contributed by atoms with E-state index in [1.807, 2.05) is 4.68 Å². The van der Waals surface area contributed by atoms with Crippen molar-refractivity contribution in [1.82, 2.24) is 30.0 Å². The molecule has 4 rings (SSSR count). The highest BCUT2D eigenvalue weighted by molar-refractivity contribution is 5.92. The molecule has 1 aliphatic heterocycles. The van der Waals surface area contributed by atoms with Crippen molar-refractivity contribution in [3.05, 3.63) is 29.7 Å². The van der Waals surface area contributed by atoms with Gasteiger partial charge in [-0.05, 0) is 25.2 Å². The number of nitrogens with one attached hydrogen (secondary N) is 1. The first-order chi connectivity index (χ1) is 12.6. The first-order valence-electron chi connectivity index (χ1n) is 9.28. The van der Waals surface area contributed by atoms with Gasteiger partial charge in [0.25, 0.3) is 5.91 Å². The predicted octanol–water partition coefficient (Wildman–Crippen LogP) is 1.73. The van der Waals surface area contributed by atoms with E-state index in [1.54, 1.807) is 0 Å². The molecule has 1 N–H and O–H groups in total. The van der Waals surface area contributed by atoms with Crippen LogP contribution in [0.4, 0.5) is 0 Å². The third kappa shape index (κ3) is 3.84. The summed E-state index contributed by atoms with van der Waals surface area (Å²) in [5, 5.41) is 7.56. The number of ether oxygens (including phenoxy) is 1. The number of hydrogen-bond donors (Lipinski definition) is 1. The van der Waals surface area contributed by atoms with Crippen LogP contribution in [0.3, 0.4) is 0 Å². The van der Waals surface area contributed by atoms with Gasteiger partial charge in [-0.15, -0.1) is 0 Å². The average Bonchev–Trinajstić information content (AvgIpc) is 3.37. The molecule has 0 bridgehead atoms. The lowest BCUT2D eigenvalue weighted by Crippen LogP contribution is -2.41. The highest BCUT2D eigenvalue weighted by Gasteiger charge is 2.25. The van der Waals surface area contributed by atoms with Crippen molar-refractivity contribution < 1.29 is 9.53 Å². The molecule has 0 aromatic carbocycles. The Bertz CT molecular complexity index is 781. The molecule has 0 spiro atoms. The Morgan fingerprint density at radius 2 is 2.15 bits per heavy atom. The Kier molecular flexibility index (Phi) is 4.57. The van der Waals surface area contributed by atoms with Crippen molar-refractivity contribution >= 4 is 5.91 Å². The molecule has 0 radical (unpaired) electrons. The topological polar surface area (TPSA) is 94.8 Å². The number of amides is 1. The number of hydrogen-bond acceptors (Lipinski definition) is 6. The molecule has 2 aliphatic rings. The van der Waals surface area contributed by atoms with E-state index in [1.165, 1.54) is 25.2 Å². The minimum Gasteiger partial charge on any atom is -0.476 e. The van der Waals surface area contributed by atoms with Crippen molar-refractivity contribution in [2.45, 2.75) is 58.0 Å². The molecule has 1 unspecified atom stereocenters. The van der Waals surface area contributed by atoms with Crippen LogP contribution in [-0.4, -0.2) is 43.3 Å². The fourth-order valence-corrected chi connectivity index (χ4v) is 2.95. The summed E-state index contributed by atoms with van der Waals surface area (Å²) in [6.07, 6.45) is 7.09. The van der Waals surface area contributed by atoms with E-state index < -0.39 is 0 Å². The molecule has 8 nitrogen and oxygen atoms in total. The molecule has 2 aromatic heterocycles. The van der Waals surface area contributed by atoms with Crippen molar-refractivity contribution in [3.8, 4) is 5.88 Å². The van der Waals surface area contributed by atoms with Gasteiger partial charge in [-0.25, -0.2) is 19.6 Å². The number of carbonyl (C=O) groups excluding carboxylic acids is 1. The zero-order valence-electron chi connectivity index (χ0n) is 15.2. The maximum Gasteiger partial charge on any atom is 0.271 e. The molecule has 1 aliphatic carbocycles. The van der Waals surface area contributed by atoms with Crippen molar-refractivity contribution in [2.24, 2.45) is 5.92 Å². The predicted molar refractivity (Wildman–Crippen MR) is 93.9 cm³/mol. The largest absolute Gasteiger partial charge is 0.476 e. The first kappa shape index (κ1) is 16.9. The van der Waals surface area contributed by atoms with Gasteiger partial charge in [-0.2, -0.15) is 5.10 Å². The van der Waals surface area contributed by atoms with Crippen LogP contribution in [0.2, 0.25) is 0 Å². The summed E-state index contributed by atoms with van der Waals surface area (Å²) in [6, 6.07) is 0.0179. The highest BCUT2D eigenvalue weighted by Crippen LogP contribution is 2.29. The monoisotopic (exact) mass is 356 g/mol. The van der Waals surface area contributed by atoms with Crippen LogP contribution < -0.4 is 10.1 Å². The number of rotatable bonds is 6. The summed E-state index contributed by atoms with van der Waals surface area (Å²) >= 11 is 0. The zero-order chi connectivity index (χ0) is 18.1. The number of aromatic nitrogens is 5. The van der Waals surface area contributed by atoms with E-state index in [0.29, 0.717) is 36.6 Å². The van der Waals surface area contributed by atoms with E-state index in [0.717, 1.165) is 24.5 Å². The van der Waals surface area contributed by atoms with Crippen molar-refractivity contribution in [2.75, 3.05) is 6.61 Å². The van der Waals surface area contributed by atoms with Crippen LogP contribution >= 0.6 is 0 Å². The second kappa shape index (κ2) is 7.01. The Labute approximate surface area is 152 Å². The minimum absolute atomic E-state index is 0.0179. The summed E-state index contributed by atoms with van der Waals surface area (Å²) in [7, 11) is 0. The lowest BCUT2D eigenvalue weighted by molar-refractivity contribution is 0.0920. The van der Waals surface area contributed by atoms with Crippen molar-refractivity contribution in [3.63, 3.8) is 0 Å². The molecule has 1 amide bonds. The van der Waals surface area contributed by atoms with Gasteiger partial charge >= 0.3 is 0 Å². The average molecular weight is 356 g/mol. The van der Waals surface area contributed by atoms with Crippen LogP contribution in [0.25, 0.3) is 0 Å². The minimum atomic E-state index is -0.219. The molecule has 8 heteroatoms. The quantitative estimate of drug-likeness (QED) is 0.847. The molecule has 2 aromatic rings. The molecular weight excluding hydrogens is 332 g/mol. The zero-order valence-corrected chi connectivity index (χ0v) is 15.2. The SMILES string of the molecule is CC(C)c1nc2n(n1)CC(NC(=O)c1cnc(OCC3CC3)cn1)CC2. The third-order valence-corrected chi connectivity index (χ3v) is 4.75. The Morgan fingerprint density at radius 3 is 2.85 bits per heavy atom. The normalized spacial score (nSPS) is 19.3. The number of aryl methyl sites for hydroxylation is 1. The van der Waals surface area contributed by atoms with E-state index >= 15 is 0 Å². The number of nitrogens with zero attached hydrogens (tertiary/aromatic N) is 5. The van der Waals surface area contributed by atoms with E-state index in [9.17, 15) is 4.79 Å². The summed E-state index contributed by atoms with van der Waals surface area (Å²) in [5.41, 5.74) is 0.302. The second-order valence-corrected chi connectivity index (χ2v) is 7.43. The molecule has 26 heavy (non-hydrogen) atoms. The molecule has 1 atom stereocenters. The Balaban J connectivity index is 1.34. The molecule has 138 valence electrons. The van der Waals surface area contributed by atoms with Crippen LogP contribution in [0.15, 0.2) is 12.4 Å². The third-order valence-electron chi connectivity index (χ3n) is 4.75. The molecular formula is C18H24N6O2. The smallest absolute Gasteiger partial charge is 0.271 e. The lowest BCUT2D eigenvalue weighted by Gasteiger charge is -2.23. The molecule has 3 heterocycles. The number of fused-ring (bicyclic) bond motifs is 1. The van der Waals surface area contributed by atoms with Gasteiger partial charge in [0.2, 0.25) is 5.88 Å². The van der Waals surface area contributed by atoms with Gasteiger partial charge in [0.1, 0.15) is 11.5 Å². The first-order valence-corrected chi connectivity index (χ1v) is 9.28. The summed E-state index contributed by atoms with van der Waals surface area (Å²) < 4.78 is 7.46. The maximum absolute atomic E-state index is 12.4. The van der Waals surface area contributed by atoms with Crippen LogP contribution in [0, 0.1) is 5.92 Å². The number of carbonyl (C=O) groups is 1. The fourth-order valence-electron chi connectivity index (χ4n) is 2.95. The fraction of sp³-hybridized carbons (Fsp3) is 0.611. The van der Waals surface area contributed by atoms with Crippen LogP contribution in [-0.2, 0) is 13.0 Å². The van der Waals surface area contributed by atoms with E-state index in [-0.39, 0.29) is 11.9 Å².